The summed E-state index contributed by atoms with van der Waals surface area (Å²) in [6.45, 7) is 2.88. The first-order valence-electron chi connectivity index (χ1n) is 6.52. The number of nitrogens with one attached hydrogen (secondary N) is 1. The molecule has 0 amide bonds. The van der Waals surface area contributed by atoms with Gasteiger partial charge in [-0.05, 0) is 18.6 Å². The van der Waals surface area contributed by atoms with E-state index in [2.05, 4.69) is 17.4 Å². The first-order valence-corrected chi connectivity index (χ1v) is 6.52. The van der Waals surface area contributed by atoms with E-state index in [1.807, 2.05) is 10.9 Å². The molecule has 1 aromatic heterocycles. The third kappa shape index (κ3) is 2.81. The number of methoxy groups -OCH3 is 1. The van der Waals surface area contributed by atoms with Crippen LogP contribution in [0.4, 0.5) is 4.39 Å². The summed E-state index contributed by atoms with van der Waals surface area (Å²) in [5.41, 5.74) is 3.81. The van der Waals surface area contributed by atoms with Crippen LogP contribution in [0.2, 0.25) is 0 Å². The van der Waals surface area contributed by atoms with Gasteiger partial charge in [-0.3, -0.25) is 10.5 Å². The minimum absolute atomic E-state index is 0.365. The van der Waals surface area contributed by atoms with Crippen molar-refractivity contribution < 1.29 is 9.13 Å². The van der Waals surface area contributed by atoms with Crippen molar-refractivity contribution in [3.63, 3.8) is 0 Å². The Kier molecular flexibility index (Phi) is 4.70. The van der Waals surface area contributed by atoms with Gasteiger partial charge in [0.05, 0.1) is 24.9 Å². The quantitative estimate of drug-likeness (QED) is 0.626. The highest BCUT2D eigenvalue weighted by atomic mass is 19.1. The normalized spacial score (nSPS) is 12.4. The van der Waals surface area contributed by atoms with E-state index in [9.17, 15) is 4.39 Å². The maximum atomic E-state index is 14.1. The molecule has 0 spiro atoms. The van der Waals surface area contributed by atoms with E-state index < -0.39 is 6.04 Å². The number of rotatable bonds is 6. The summed E-state index contributed by atoms with van der Waals surface area (Å²) in [4.78, 5) is 0. The zero-order chi connectivity index (χ0) is 14.5. The summed E-state index contributed by atoms with van der Waals surface area (Å²) in [5, 5.41) is 4.24. The van der Waals surface area contributed by atoms with Gasteiger partial charge in [0.2, 0.25) is 0 Å². The molecule has 0 saturated heterocycles. The SMILES string of the molecule is CCCn1cc(C(NN)c2c(F)cccc2OC)cn1. The molecule has 1 aromatic carbocycles. The topological polar surface area (TPSA) is 65.1 Å². The Labute approximate surface area is 117 Å². The molecule has 2 aromatic rings. The standard InChI is InChI=1S/C14H19FN4O/c1-3-7-19-9-10(8-17-19)14(18-16)13-11(15)5-4-6-12(13)20-2/h4-6,8-9,14,18H,3,7,16H2,1-2H3. The van der Waals surface area contributed by atoms with Crippen LogP contribution in [0.5, 0.6) is 5.75 Å². The number of nitrogens with two attached hydrogens (primary N) is 1. The molecule has 0 aliphatic rings. The summed E-state index contributed by atoms with van der Waals surface area (Å²) in [7, 11) is 1.51. The molecule has 0 bridgehead atoms. The van der Waals surface area contributed by atoms with Crippen LogP contribution in [-0.4, -0.2) is 16.9 Å². The molecule has 20 heavy (non-hydrogen) atoms. The molecule has 1 unspecified atom stereocenters. The predicted molar refractivity (Wildman–Crippen MR) is 74.6 cm³/mol. The second-order valence-corrected chi connectivity index (χ2v) is 4.49. The summed E-state index contributed by atoms with van der Waals surface area (Å²) in [6, 6.07) is 4.20. The molecule has 1 heterocycles. The summed E-state index contributed by atoms with van der Waals surface area (Å²) < 4.78 is 21.1. The van der Waals surface area contributed by atoms with Gasteiger partial charge in [-0.2, -0.15) is 5.10 Å². The van der Waals surface area contributed by atoms with E-state index in [4.69, 9.17) is 10.6 Å². The highest BCUT2D eigenvalue weighted by Gasteiger charge is 2.22. The van der Waals surface area contributed by atoms with Crippen LogP contribution in [0.3, 0.4) is 0 Å². The van der Waals surface area contributed by atoms with Crippen molar-refractivity contribution >= 4 is 0 Å². The number of nitrogens with zero attached hydrogens (tertiary/aromatic N) is 2. The molecule has 108 valence electrons. The Morgan fingerprint density at radius 3 is 2.95 bits per heavy atom. The van der Waals surface area contributed by atoms with E-state index in [1.54, 1.807) is 18.3 Å². The fourth-order valence-electron chi connectivity index (χ4n) is 2.20. The average Bonchev–Trinajstić information content (AvgIpc) is 2.90. The van der Waals surface area contributed by atoms with Crippen LogP contribution in [0, 0.1) is 5.82 Å². The number of hydrogen-bond acceptors (Lipinski definition) is 4. The molecular formula is C14H19FN4O. The fourth-order valence-corrected chi connectivity index (χ4v) is 2.20. The van der Waals surface area contributed by atoms with Crippen molar-refractivity contribution in [2.24, 2.45) is 5.84 Å². The Balaban J connectivity index is 2.41. The zero-order valence-electron chi connectivity index (χ0n) is 11.6. The number of hydrazine groups is 1. The number of aryl methyl sites for hydroxylation is 1. The molecule has 0 radical (unpaired) electrons. The van der Waals surface area contributed by atoms with Crippen molar-refractivity contribution in [1.29, 1.82) is 0 Å². The smallest absolute Gasteiger partial charge is 0.132 e. The van der Waals surface area contributed by atoms with Gasteiger partial charge < -0.3 is 4.74 Å². The van der Waals surface area contributed by atoms with Gasteiger partial charge in [-0.25, -0.2) is 9.82 Å². The van der Waals surface area contributed by atoms with Crippen LogP contribution < -0.4 is 16.0 Å². The number of ether oxygens (including phenoxy) is 1. The Bertz CT molecular complexity index is 570. The lowest BCUT2D eigenvalue weighted by Gasteiger charge is -2.18. The minimum atomic E-state index is -0.503. The maximum absolute atomic E-state index is 14.1. The summed E-state index contributed by atoms with van der Waals surface area (Å²) in [5.74, 6) is 5.69. The lowest BCUT2D eigenvalue weighted by molar-refractivity contribution is 0.397. The Morgan fingerprint density at radius 2 is 2.30 bits per heavy atom. The summed E-state index contributed by atoms with van der Waals surface area (Å²) in [6.07, 6.45) is 4.52. The van der Waals surface area contributed by atoms with Gasteiger partial charge in [0.1, 0.15) is 11.6 Å². The highest BCUT2D eigenvalue weighted by molar-refractivity contribution is 5.41. The van der Waals surface area contributed by atoms with Gasteiger partial charge in [0, 0.05) is 18.3 Å². The molecule has 5 nitrogen and oxygen atoms in total. The monoisotopic (exact) mass is 278 g/mol. The fraction of sp³-hybridized carbons (Fsp3) is 0.357. The Hall–Kier alpha value is -1.92. The second kappa shape index (κ2) is 6.49. The van der Waals surface area contributed by atoms with Crippen LogP contribution in [0.1, 0.15) is 30.5 Å². The number of benzene rings is 1. The largest absolute Gasteiger partial charge is 0.496 e. The van der Waals surface area contributed by atoms with Crippen molar-refractivity contribution in [3.05, 3.63) is 47.5 Å². The molecule has 0 aliphatic carbocycles. The lowest BCUT2D eigenvalue weighted by Crippen LogP contribution is -2.29. The molecule has 3 N–H and O–H groups in total. The first-order chi connectivity index (χ1) is 9.71. The molecule has 1 atom stereocenters. The second-order valence-electron chi connectivity index (χ2n) is 4.49. The molecule has 6 heteroatoms. The zero-order valence-corrected chi connectivity index (χ0v) is 11.6. The van der Waals surface area contributed by atoms with Crippen molar-refractivity contribution in [3.8, 4) is 5.75 Å². The van der Waals surface area contributed by atoms with Crippen LogP contribution in [0.15, 0.2) is 30.6 Å². The van der Waals surface area contributed by atoms with Crippen LogP contribution in [-0.2, 0) is 6.54 Å². The van der Waals surface area contributed by atoms with Gasteiger partial charge in [-0.1, -0.05) is 13.0 Å². The third-order valence-electron chi connectivity index (χ3n) is 3.13. The Morgan fingerprint density at radius 1 is 1.50 bits per heavy atom. The molecular weight excluding hydrogens is 259 g/mol. The highest BCUT2D eigenvalue weighted by Crippen LogP contribution is 2.31. The van der Waals surface area contributed by atoms with E-state index in [0.717, 1.165) is 18.5 Å². The predicted octanol–water partition coefficient (Wildman–Crippen LogP) is 1.99. The number of aromatic nitrogens is 2. The lowest BCUT2D eigenvalue weighted by atomic mass is 10.0. The van der Waals surface area contributed by atoms with E-state index in [-0.39, 0.29) is 5.82 Å². The molecule has 0 aliphatic heterocycles. The van der Waals surface area contributed by atoms with E-state index in [1.165, 1.54) is 13.2 Å². The van der Waals surface area contributed by atoms with Gasteiger partial charge >= 0.3 is 0 Å². The van der Waals surface area contributed by atoms with E-state index >= 15 is 0 Å². The molecule has 2 rings (SSSR count). The minimum Gasteiger partial charge on any atom is -0.496 e. The van der Waals surface area contributed by atoms with Crippen LogP contribution >= 0.6 is 0 Å². The third-order valence-corrected chi connectivity index (χ3v) is 3.13. The average molecular weight is 278 g/mol. The maximum Gasteiger partial charge on any atom is 0.132 e. The number of halogens is 1. The molecule has 0 saturated carbocycles. The first kappa shape index (κ1) is 14.5. The van der Waals surface area contributed by atoms with Crippen molar-refractivity contribution in [2.75, 3.05) is 7.11 Å². The molecule has 0 fully saturated rings. The van der Waals surface area contributed by atoms with Gasteiger partial charge in [0.15, 0.2) is 0 Å². The van der Waals surface area contributed by atoms with Gasteiger partial charge in [0.25, 0.3) is 0 Å². The number of hydrogen-bond donors (Lipinski definition) is 2. The van der Waals surface area contributed by atoms with Crippen molar-refractivity contribution in [1.82, 2.24) is 15.2 Å². The van der Waals surface area contributed by atoms with Crippen LogP contribution in [0.25, 0.3) is 0 Å². The summed E-state index contributed by atoms with van der Waals surface area (Å²) >= 11 is 0. The van der Waals surface area contributed by atoms with E-state index in [0.29, 0.717) is 11.3 Å². The van der Waals surface area contributed by atoms with Gasteiger partial charge in [-0.15, -0.1) is 0 Å². The van der Waals surface area contributed by atoms with Crippen molar-refractivity contribution in [2.45, 2.75) is 25.9 Å².